The van der Waals surface area contributed by atoms with E-state index in [1.54, 1.807) is 0 Å². The summed E-state index contributed by atoms with van der Waals surface area (Å²) in [6, 6.07) is 158. The van der Waals surface area contributed by atoms with Crippen LogP contribution in [0.3, 0.4) is 0 Å². The van der Waals surface area contributed by atoms with Crippen LogP contribution in [-0.2, 0) is 0 Å². The van der Waals surface area contributed by atoms with Gasteiger partial charge in [0.1, 0.15) is 11.2 Å². The summed E-state index contributed by atoms with van der Waals surface area (Å²) in [5, 5.41) is 29.0. The molecular weight excluding hydrogens is 1650 g/mol. The SMILES string of the molecule is c1ccc2cc3c(cc2c1)c1ccc(-n2c4ccccc4c4c5ccccc5ccc42)cc1n3-c1ccc2cc(-c3nc4ccccc4nc3-c3cccc4oc5ccccc5c34)ccc2c1.c1ccc2cc3c(cc2c1)c1ccc(-n2c4ccccc4c4c5ccccc5ccc42)cc1n3-c1ccc2ccc(-c3nc4ccccc4nc3-c3cccc4sc5ccccc5c34)cc2c1. The van der Waals surface area contributed by atoms with E-state index in [0.29, 0.717) is 0 Å². The number of furan rings is 1. The van der Waals surface area contributed by atoms with Crippen LogP contribution in [0.4, 0.5) is 0 Å². The second kappa shape index (κ2) is 28.9. The first-order valence-corrected chi connectivity index (χ1v) is 46.4. The minimum Gasteiger partial charge on any atom is -0.456 e. The van der Waals surface area contributed by atoms with Crippen molar-refractivity contribution in [3.05, 3.63) is 437 Å². The van der Waals surface area contributed by atoms with E-state index in [-0.39, 0.29) is 0 Å². The molecule has 0 N–H and O–H groups in total. The van der Waals surface area contributed by atoms with Crippen LogP contribution in [0.1, 0.15) is 0 Å². The van der Waals surface area contributed by atoms with E-state index in [2.05, 4.69) is 394 Å². The van der Waals surface area contributed by atoms with Gasteiger partial charge in [-0.25, -0.2) is 19.9 Å². The lowest BCUT2D eigenvalue weighted by atomic mass is 9.97. The Kier molecular flexibility index (Phi) is 16.0. The Hall–Kier alpha value is -17.7. The van der Waals surface area contributed by atoms with Gasteiger partial charge in [-0.15, -0.1) is 11.3 Å². The van der Waals surface area contributed by atoms with E-state index >= 15 is 0 Å². The van der Waals surface area contributed by atoms with E-state index in [1.165, 1.54) is 139 Å². The highest BCUT2D eigenvalue weighted by Gasteiger charge is 2.27. The number of hydrogen-bond acceptors (Lipinski definition) is 6. The fraction of sp³-hybridized carbons (Fsp3) is 0. The molecule has 0 aliphatic rings. The predicted octanol–water partition coefficient (Wildman–Crippen LogP) is 33.5. The molecule has 0 aliphatic carbocycles. The van der Waals surface area contributed by atoms with Crippen molar-refractivity contribution in [3.8, 4) is 67.8 Å². The number of hydrogen-bond donors (Lipinski definition) is 0. The number of thiophene rings is 1. The van der Waals surface area contributed by atoms with Gasteiger partial charge in [-0.2, -0.15) is 0 Å². The second-order valence-electron chi connectivity index (χ2n) is 35.4. The van der Waals surface area contributed by atoms with Crippen molar-refractivity contribution in [2.24, 2.45) is 0 Å². The van der Waals surface area contributed by atoms with Gasteiger partial charge in [0, 0.05) is 119 Å². The van der Waals surface area contributed by atoms with E-state index in [0.717, 1.165) is 144 Å². The van der Waals surface area contributed by atoms with Gasteiger partial charge < -0.3 is 22.7 Å². The molecule has 8 aromatic heterocycles. The minimum atomic E-state index is 0.830. The van der Waals surface area contributed by atoms with Crippen LogP contribution in [0.25, 0.3) is 284 Å². The summed E-state index contributed by atoms with van der Waals surface area (Å²) in [7, 11) is 0. The van der Waals surface area contributed by atoms with E-state index in [1.807, 2.05) is 72.0 Å². The minimum absolute atomic E-state index is 0.830. The van der Waals surface area contributed by atoms with Gasteiger partial charge in [0.15, 0.2) is 0 Å². The first kappa shape index (κ1) is 74.3. The molecule has 0 atom stereocenters. The van der Waals surface area contributed by atoms with Crippen molar-refractivity contribution in [3.63, 3.8) is 0 Å². The fourth-order valence-corrected chi connectivity index (χ4v) is 23.1. The van der Waals surface area contributed by atoms with Crippen molar-refractivity contribution in [2.45, 2.75) is 0 Å². The van der Waals surface area contributed by atoms with Crippen LogP contribution in [0.2, 0.25) is 0 Å². The maximum Gasteiger partial charge on any atom is 0.136 e. The number of nitrogens with zero attached hydrogens (tertiary/aromatic N) is 8. The molecule has 0 fully saturated rings. The van der Waals surface area contributed by atoms with Crippen LogP contribution in [0, 0.1) is 0 Å². The molecule has 0 spiro atoms. The lowest BCUT2D eigenvalue weighted by Crippen LogP contribution is -1.98. The quantitative estimate of drug-likeness (QED) is 0.151. The zero-order valence-corrected chi connectivity index (χ0v) is 72.8. The smallest absolute Gasteiger partial charge is 0.136 e. The van der Waals surface area contributed by atoms with Crippen LogP contribution in [0.5, 0.6) is 0 Å². The summed E-state index contributed by atoms with van der Waals surface area (Å²) in [6.45, 7) is 0. The Bertz CT molecular complexity index is 10400. The molecule has 0 amide bonds. The Balaban J connectivity index is 0.000000131. The Labute approximate surface area is 769 Å². The third-order valence-electron chi connectivity index (χ3n) is 28.0. The summed E-state index contributed by atoms with van der Waals surface area (Å²) in [4.78, 5) is 21.5. The zero-order valence-electron chi connectivity index (χ0n) is 72.0. The normalized spacial score (nSPS) is 12.2. The molecule has 0 saturated carbocycles. The summed E-state index contributed by atoms with van der Waals surface area (Å²) < 4.78 is 18.7. The number of fused-ring (bicyclic) bond motifs is 28. The molecule has 0 saturated heterocycles. The molecule has 10 heteroatoms. The maximum absolute atomic E-state index is 6.34. The Morgan fingerprint density at radius 1 is 0.179 bits per heavy atom. The van der Waals surface area contributed by atoms with Crippen molar-refractivity contribution in [1.29, 1.82) is 0 Å². The molecule has 0 unspecified atom stereocenters. The summed E-state index contributed by atoms with van der Waals surface area (Å²) in [5.41, 5.74) is 26.6. The third-order valence-corrected chi connectivity index (χ3v) is 29.2. The predicted molar refractivity (Wildman–Crippen MR) is 563 cm³/mol. The number of benzene rings is 22. The van der Waals surface area contributed by atoms with Crippen molar-refractivity contribution in [2.75, 3.05) is 0 Å². The number of para-hydroxylation sites is 7. The average Bonchev–Trinajstić information content (AvgIpc) is 1.56. The van der Waals surface area contributed by atoms with Gasteiger partial charge in [-0.05, 0) is 222 Å². The van der Waals surface area contributed by atoms with Gasteiger partial charge >= 0.3 is 0 Å². The van der Waals surface area contributed by atoms with Gasteiger partial charge in [-0.3, -0.25) is 0 Å². The first-order chi connectivity index (χ1) is 66.4. The number of rotatable bonds is 8. The monoisotopic (exact) mass is 1720 g/mol. The van der Waals surface area contributed by atoms with Gasteiger partial charge in [-0.1, -0.05) is 279 Å². The molecule has 620 valence electrons. The van der Waals surface area contributed by atoms with Crippen LogP contribution >= 0.6 is 11.3 Å². The largest absolute Gasteiger partial charge is 0.456 e. The Morgan fingerprint density at radius 2 is 0.545 bits per heavy atom. The second-order valence-corrected chi connectivity index (χ2v) is 36.5. The molecule has 0 radical (unpaired) electrons. The molecule has 0 bridgehead atoms. The Morgan fingerprint density at radius 3 is 1.11 bits per heavy atom. The standard InChI is InChI=1S/C62H36N4O.C62H36N4S/c1-2-14-39-35-55-50(34-38(39)13-1)46-30-29-44(65-53-21-9-5-16-47(53)59-45-15-4-3-12-37(45)27-31-54(59)65)36-56(46)66(55)43-28-26-40-32-42(25-24-41(40)33-43)61-62(64-52-20-8-7-19-51(52)63-61)49-18-11-23-58-60(49)48-17-6-10-22-57(48)67-58;1-2-14-40-35-55-50(34-39(40)13-1)46-30-29-44(65-53-21-9-5-16-47(53)59-45-15-4-3-12-38(45)27-31-54(59)65)36-56(46)66(55)43-28-26-37-24-25-41(32-42(37)33-43)61-62(64-52-20-8-7-19-51(52)63-61)49-18-11-23-58-60(49)48-17-6-10-22-57(48)67-58/h2*1-36H. The summed E-state index contributed by atoms with van der Waals surface area (Å²) in [5.74, 6) is 0. The molecule has 0 aliphatic heterocycles. The maximum atomic E-state index is 6.34. The highest BCUT2D eigenvalue weighted by molar-refractivity contribution is 7.26. The average molecular weight is 1720 g/mol. The highest BCUT2D eigenvalue weighted by atomic mass is 32.1. The molecule has 22 aromatic carbocycles. The van der Waals surface area contributed by atoms with Crippen molar-refractivity contribution >= 4 is 227 Å². The lowest BCUT2D eigenvalue weighted by molar-refractivity contribution is 0.669. The van der Waals surface area contributed by atoms with Gasteiger partial charge in [0.25, 0.3) is 0 Å². The zero-order chi connectivity index (χ0) is 87.5. The summed E-state index contributed by atoms with van der Waals surface area (Å²) in [6.07, 6.45) is 0. The molecule has 8 heterocycles. The van der Waals surface area contributed by atoms with Crippen LogP contribution in [0.15, 0.2) is 441 Å². The van der Waals surface area contributed by atoms with Crippen LogP contribution in [-0.4, -0.2) is 38.2 Å². The molecular formula is C124H72N8OS. The van der Waals surface area contributed by atoms with E-state index in [4.69, 9.17) is 24.4 Å². The van der Waals surface area contributed by atoms with Gasteiger partial charge in [0.05, 0.1) is 89.0 Å². The summed E-state index contributed by atoms with van der Waals surface area (Å²) >= 11 is 1.83. The van der Waals surface area contributed by atoms with Crippen molar-refractivity contribution in [1.82, 2.24) is 38.2 Å². The first-order valence-electron chi connectivity index (χ1n) is 45.6. The fourth-order valence-electron chi connectivity index (χ4n) is 22.0. The third kappa shape index (κ3) is 11.3. The van der Waals surface area contributed by atoms with Crippen molar-refractivity contribution < 1.29 is 4.42 Å². The molecule has 30 aromatic rings. The van der Waals surface area contributed by atoms with E-state index < -0.39 is 0 Å². The molecule has 134 heavy (non-hydrogen) atoms. The lowest BCUT2D eigenvalue weighted by Gasteiger charge is -2.14. The van der Waals surface area contributed by atoms with Crippen LogP contribution < -0.4 is 0 Å². The van der Waals surface area contributed by atoms with E-state index in [9.17, 15) is 0 Å². The topological polar surface area (TPSA) is 84.4 Å². The molecule has 30 rings (SSSR count). The van der Waals surface area contributed by atoms with Gasteiger partial charge in [0.2, 0.25) is 0 Å². The molecule has 9 nitrogen and oxygen atoms in total. The number of aromatic nitrogens is 8. The highest BCUT2D eigenvalue weighted by Crippen LogP contribution is 2.49.